The van der Waals surface area contributed by atoms with Crippen molar-refractivity contribution in [3.05, 3.63) is 57.4 Å². The predicted octanol–water partition coefficient (Wildman–Crippen LogP) is 4.66. The number of aromatic nitrogens is 1. The van der Waals surface area contributed by atoms with Crippen molar-refractivity contribution in [2.24, 2.45) is 4.99 Å². The number of ether oxygens (including phenoxy) is 1. The van der Waals surface area contributed by atoms with Crippen LogP contribution in [0.25, 0.3) is 10.2 Å². The Morgan fingerprint density at radius 3 is 2.70 bits per heavy atom. The Balaban J connectivity index is 1.83. The second-order valence-electron chi connectivity index (χ2n) is 7.00. The van der Waals surface area contributed by atoms with Crippen LogP contribution in [0.1, 0.15) is 46.8 Å². The van der Waals surface area contributed by atoms with Crippen LogP contribution in [-0.2, 0) is 19.4 Å². The van der Waals surface area contributed by atoms with Gasteiger partial charge in [-0.25, -0.2) is 0 Å². The molecule has 0 saturated carbocycles. The van der Waals surface area contributed by atoms with E-state index in [-0.39, 0.29) is 5.91 Å². The minimum Gasteiger partial charge on any atom is -0.495 e. The lowest BCUT2D eigenvalue weighted by Gasteiger charge is -2.15. The fourth-order valence-electron chi connectivity index (χ4n) is 3.84. The van der Waals surface area contributed by atoms with E-state index in [1.165, 1.54) is 29.5 Å². The number of aryl methyl sites for hydroxylation is 4. The highest BCUT2D eigenvalue weighted by molar-refractivity contribution is 7.16. The minimum absolute atomic E-state index is 0.172. The lowest BCUT2D eigenvalue weighted by Crippen LogP contribution is -2.16. The summed E-state index contributed by atoms with van der Waals surface area (Å²) < 4.78 is 8.74. The van der Waals surface area contributed by atoms with Gasteiger partial charge in [0.1, 0.15) is 11.3 Å². The van der Waals surface area contributed by atoms with Crippen LogP contribution in [0.3, 0.4) is 0 Å². The summed E-state index contributed by atoms with van der Waals surface area (Å²) in [7, 11) is 1.68. The summed E-state index contributed by atoms with van der Waals surface area (Å²) in [5.74, 6) is 0.644. The number of fused-ring (bicyclic) bond motifs is 2. The Bertz CT molecular complexity index is 1090. The Labute approximate surface area is 163 Å². The van der Waals surface area contributed by atoms with Crippen molar-refractivity contribution < 1.29 is 9.53 Å². The number of carbonyl (C=O) groups excluding carboxylic acids is 1. The second-order valence-corrected chi connectivity index (χ2v) is 7.98. The molecule has 0 fully saturated rings. The van der Waals surface area contributed by atoms with E-state index in [1.54, 1.807) is 18.4 Å². The fraction of sp³-hybridized carbons (Fsp3) is 0.364. The zero-order chi connectivity index (χ0) is 19.0. The number of methoxy groups -OCH3 is 1. The van der Waals surface area contributed by atoms with Gasteiger partial charge in [-0.05, 0) is 74.4 Å². The van der Waals surface area contributed by atoms with Crippen LogP contribution >= 0.6 is 11.3 Å². The normalized spacial score (nSPS) is 14.4. The Kier molecular flexibility index (Phi) is 4.87. The number of thiazole rings is 1. The van der Waals surface area contributed by atoms with Crippen LogP contribution in [0.15, 0.2) is 35.3 Å². The van der Waals surface area contributed by atoms with E-state index < -0.39 is 0 Å². The molecule has 1 aromatic heterocycles. The molecular weight excluding hydrogens is 356 g/mol. The first-order chi connectivity index (χ1) is 13.1. The summed E-state index contributed by atoms with van der Waals surface area (Å²) in [6.45, 7) is 4.87. The van der Waals surface area contributed by atoms with Crippen LogP contribution in [0.4, 0.5) is 0 Å². The number of carbonyl (C=O) groups is 1. The van der Waals surface area contributed by atoms with Gasteiger partial charge < -0.3 is 9.30 Å². The van der Waals surface area contributed by atoms with E-state index >= 15 is 0 Å². The van der Waals surface area contributed by atoms with Gasteiger partial charge >= 0.3 is 0 Å². The highest BCUT2D eigenvalue weighted by Gasteiger charge is 2.15. The molecule has 1 heterocycles. The van der Waals surface area contributed by atoms with E-state index in [1.807, 2.05) is 24.3 Å². The van der Waals surface area contributed by atoms with E-state index in [0.29, 0.717) is 5.56 Å². The molecule has 0 atom stereocenters. The molecule has 1 amide bonds. The number of amides is 1. The van der Waals surface area contributed by atoms with E-state index in [2.05, 4.69) is 29.5 Å². The third-order valence-corrected chi connectivity index (χ3v) is 6.53. The molecule has 0 radical (unpaired) electrons. The number of hydrogen-bond donors (Lipinski definition) is 0. The van der Waals surface area contributed by atoms with Gasteiger partial charge in [-0.15, -0.1) is 0 Å². The molecule has 4 rings (SSSR count). The molecule has 2 aromatic carbocycles. The third kappa shape index (κ3) is 3.21. The highest BCUT2D eigenvalue weighted by atomic mass is 32.1. The maximum absolute atomic E-state index is 12.9. The Hall–Kier alpha value is -2.40. The quantitative estimate of drug-likeness (QED) is 0.663. The predicted molar refractivity (Wildman–Crippen MR) is 110 cm³/mol. The van der Waals surface area contributed by atoms with Gasteiger partial charge in [-0.1, -0.05) is 23.5 Å². The number of nitrogens with zero attached hydrogens (tertiary/aromatic N) is 2. The van der Waals surface area contributed by atoms with Crippen molar-refractivity contribution in [3.63, 3.8) is 0 Å². The van der Waals surface area contributed by atoms with Gasteiger partial charge in [-0.3, -0.25) is 4.79 Å². The first kappa shape index (κ1) is 18.0. The van der Waals surface area contributed by atoms with E-state index in [0.717, 1.165) is 40.2 Å². The van der Waals surface area contributed by atoms with Crippen LogP contribution in [0.2, 0.25) is 0 Å². The van der Waals surface area contributed by atoms with Crippen molar-refractivity contribution in [3.8, 4) is 5.75 Å². The monoisotopic (exact) mass is 380 g/mol. The molecule has 0 saturated heterocycles. The molecule has 3 aromatic rings. The lowest BCUT2D eigenvalue weighted by atomic mass is 9.90. The Morgan fingerprint density at radius 2 is 1.96 bits per heavy atom. The van der Waals surface area contributed by atoms with E-state index in [4.69, 9.17) is 4.74 Å². The average molecular weight is 381 g/mol. The first-order valence-electron chi connectivity index (χ1n) is 9.50. The average Bonchev–Trinajstić information content (AvgIpc) is 3.07. The molecule has 0 spiro atoms. The maximum atomic E-state index is 12.9. The van der Waals surface area contributed by atoms with E-state index in [9.17, 15) is 4.79 Å². The van der Waals surface area contributed by atoms with Crippen molar-refractivity contribution in [2.45, 2.75) is 46.1 Å². The zero-order valence-corrected chi connectivity index (χ0v) is 16.9. The van der Waals surface area contributed by atoms with Crippen molar-refractivity contribution in [1.82, 2.24) is 4.57 Å². The molecule has 4 nitrogen and oxygen atoms in total. The standard InChI is InChI=1S/C22H24N2O2S/c1-4-24-19-18(26-3)12-9-14(2)20(19)27-22(24)23-21(25)17-11-10-15-7-5-6-8-16(15)13-17/h9-13H,4-8H2,1-3H3. The van der Waals surface area contributed by atoms with Crippen molar-refractivity contribution in [2.75, 3.05) is 7.11 Å². The summed E-state index contributed by atoms with van der Waals surface area (Å²) in [6, 6.07) is 10.1. The largest absolute Gasteiger partial charge is 0.495 e. The molecule has 140 valence electrons. The summed E-state index contributed by atoms with van der Waals surface area (Å²) in [5.41, 5.74) is 5.55. The molecule has 27 heavy (non-hydrogen) atoms. The molecule has 1 aliphatic carbocycles. The molecule has 0 N–H and O–H groups in total. The fourth-order valence-corrected chi connectivity index (χ4v) is 5.02. The maximum Gasteiger partial charge on any atom is 0.279 e. The summed E-state index contributed by atoms with van der Waals surface area (Å²) in [5, 5.41) is 0. The number of hydrogen-bond acceptors (Lipinski definition) is 3. The van der Waals surface area contributed by atoms with Crippen molar-refractivity contribution in [1.29, 1.82) is 0 Å². The first-order valence-corrected chi connectivity index (χ1v) is 10.3. The molecule has 0 bridgehead atoms. The Morgan fingerprint density at radius 1 is 1.19 bits per heavy atom. The minimum atomic E-state index is -0.172. The SMILES string of the molecule is CCn1c(=NC(=O)c2ccc3c(c2)CCCC3)sc2c(C)ccc(OC)c21. The molecular formula is C22H24N2O2S. The summed E-state index contributed by atoms with van der Waals surface area (Å²) >= 11 is 1.55. The number of benzene rings is 2. The lowest BCUT2D eigenvalue weighted by molar-refractivity contribution is 0.0997. The van der Waals surface area contributed by atoms with Gasteiger partial charge in [0.25, 0.3) is 5.91 Å². The van der Waals surface area contributed by atoms with Crippen LogP contribution in [0.5, 0.6) is 5.75 Å². The topological polar surface area (TPSA) is 43.6 Å². The van der Waals surface area contributed by atoms with Crippen molar-refractivity contribution >= 4 is 27.5 Å². The molecule has 0 unspecified atom stereocenters. The van der Waals surface area contributed by atoms with Gasteiger partial charge in [0.2, 0.25) is 0 Å². The molecule has 0 aliphatic heterocycles. The van der Waals surface area contributed by atoms with Gasteiger partial charge in [0.05, 0.1) is 11.8 Å². The zero-order valence-electron chi connectivity index (χ0n) is 16.0. The van der Waals surface area contributed by atoms with Crippen LogP contribution < -0.4 is 9.54 Å². The van der Waals surface area contributed by atoms with Gasteiger partial charge in [-0.2, -0.15) is 4.99 Å². The number of rotatable bonds is 3. The molecule has 5 heteroatoms. The highest BCUT2D eigenvalue weighted by Crippen LogP contribution is 2.30. The van der Waals surface area contributed by atoms with Gasteiger partial charge in [0, 0.05) is 12.1 Å². The summed E-state index contributed by atoms with van der Waals surface area (Å²) in [4.78, 5) is 18.1. The van der Waals surface area contributed by atoms with Crippen LogP contribution in [0, 0.1) is 6.92 Å². The second kappa shape index (κ2) is 7.31. The summed E-state index contributed by atoms with van der Waals surface area (Å²) in [6.07, 6.45) is 4.62. The molecule has 1 aliphatic rings. The third-order valence-electron chi connectivity index (χ3n) is 5.31. The van der Waals surface area contributed by atoms with Crippen LogP contribution in [-0.4, -0.2) is 17.6 Å². The smallest absolute Gasteiger partial charge is 0.279 e. The van der Waals surface area contributed by atoms with Gasteiger partial charge in [0.15, 0.2) is 4.80 Å².